The summed E-state index contributed by atoms with van der Waals surface area (Å²) in [5, 5.41) is 21.5. The number of H-pyrrole nitrogens is 1. The zero-order chi connectivity index (χ0) is 57.5. The van der Waals surface area contributed by atoms with Gasteiger partial charge in [-0.25, -0.2) is 15.0 Å². The highest BCUT2D eigenvalue weighted by atomic mass is 35.5. The topological polar surface area (TPSA) is 235 Å². The van der Waals surface area contributed by atoms with Crippen molar-refractivity contribution in [1.82, 2.24) is 50.6 Å². The van der Waals surface area contributed by atoms with Crippen molar-refractivity contribution in [2.24, 2.45) is 11.1 Å². The average Bonchev–Trinajstić information content (AvgIpc) is 4.48. The van der Waals surface area contributed by atoms with Crippen molar-refractivity contribution >= 4 is 69.3 Å². The van der Waals surface area contributed by atoms with Crippen LogP contribution in [-0.4, -0.2) is 145 Å². The van der Waals surface area contributed by atoms with Crippen LogP contribution in [0.15, 0.2) is 72.6 Å². The van der Waals surface area contributed by atoms with Crippen LogP contribution in [-0.2, 0) is 30.5 Å². The summed E-state index contributed by atoms with van der Waals surface area (Å²) in [6.07, 6.45) is 15.5. The van der Waals surface area contributed by atoms with Crippen LogP contribution in [0.1, 0.15) is 146 Å². The van der Waals surface area contributed by atoms with Gasteiger partial charge in [0.15, 0.2) is 0 Å². The van der Waals surface area contributed by atoms with Crippen molar-refractivity contribution in [3.05, 3.63) is 94.5 Å². The number of aliphatic hydroxyl groups excluding tert-OH is 1. The first-order valence-corrected chi connectivity index (χ1v) is 30.6. The monoisotopic (exact) mass is 1150 g/mol. The lowest BCUT2D eigenvalue weighted by molar-refractivity contribution is -0.144. The van der Waals surface area contributed by atoms with E-state index in [1.165, 1.54) is 4.90 Å². The second kappa shape index (κ2) is 28.8. The lowest BCUT2D eigenvalue weighted by Gasteiger charge is -2.39. The quantitative estimate of drug-likeness (QED) is 0.0288. The molecular weight excluding hydrogens is 1060 g/mol. The summed E-state index contributed by atoms with van der Waals surface area (Å²) in [5.41, 5.74) is 11.8. The van der Waals surface area contributed by atoms with E-state index in [2.05, 4.69) is 45.7 Å². The summed E-state index contributed by atoms with van der Waals surface area (Å²) in [6.45, 7) is 12.9. The first-order chi connectivity index (χ1) is 39.0. The van der Waals surface area contributed by atoms with Gasteiger partial charge in [0.1, 0.15) is 29.9 Å². The molecule has 3 aromatic heterocycles. The number of aromatic nitrogens is 4. The molecular formula is C61H85ClN12O6S. The van der Waals surface area contributed by atoms with Gasteiger partial charge < -0.3 is 46.5 Å². The maximum absolute atomic E-state index is 14.1. The number of fused-ring (bicyclic) bond motifs is 1. The summed E-state index contributed by atoms with van der Waals surface area (Å²) >= 11 is 7.85. The molecule has 0 bridgehead atoms. The average molecular weight is 1150 g/mol. The summed E-state index contributed by atoms with van der Waals surface area (Å²) in [5.74, 6) is 0.0473. The minimum atomic E-state index is -1.01. The predicted octanol–water partition coefficient (Wildman–Crippen LogP) is 8.22. The van der Waals surface area contributed by atoms with Crippen LogP contribution in [0, 0.1) is 12.3 Å². The number of nitrogens with two attached hydrogens (primary N) is 1. The van der Waals surface area contributed by atoms with Gasteiger partial charge in [0, 0.05) is 89.4 Å². The summed E-state index contributed by atoms with van der Waals surface area (Å²) in [4.78, 5) is 93.4. The number of carbonyl (C=O) groups excluding carboxylic acids is 5. The molecule has 3 fully saturated rings. The highest BCUT2D eigenvalue weighted by molar-refractivity contribution is 7.13. The molecule has 0 unspecified atom stereocenters. The first kappa shape index (κ1) is 61.1. The Kier molecular flexibility index (Phi) is 21.7. The maximum atomic E-state index is 14.1. The van der Waals surface area contributed by atoms with Crippen molar-refractivity contribution in [2.75, 3.05) is 57.3 Å². The number of aromatic amines is 1. The number of β-amino-alcohol motifs (C(OH)–C–C–N with tert-alkyl or cyclic N) is 1. The number of piperidine rings is 1. The molecule has 5 aromatic rings. The van der Waals surface area contributed by atoms with E-state index >= 15 is 0 Å². The number of benzene rings is 2. The Hall–Kier alpha value is -5.99. The Morgan fingerprint density at radius 1 is 0.827 bits per heavy atom. The number of anilines is 1. The molecule has 6 heterocycles. The van der Waals surface area contributed by atoms with Crippen LogP contribution >= 0.6 is 22.9 Å². The lowest BCUT2D eigenvalue weighted by atomic mass is 9.85. The zero-order valence-corrected chi connectivity index (χ0v) is 49.5. The van der Waals surface area contributed by atoms with E-state index in [0.717, 1.165) is 128 Å². The van der Waals surface area contributed by atoms with E-state index in [9.17, 15) is 29.1 Å². The van der Waals surface area contributed by atoms with E-state index in [-0.39, 0.29) is 55.1 Å². The molecule has 7 N–H and O–H groups in total. The summed E-state index contributed by atoms with van der Waals surface area (Å²) < 4.78 is 0. The number of aryl methyl sites for hydroxylation is 1. The fourth-order valence-electron chi connectivity index (χ4n) is 11.5. The van der Waals surface area contributed by atoms with Crippen LogP contribution in [0.3, 0.4) is 0 Å². The SMILES string of the molecule is Cc1ncsc1-c1ccc(CNC(=O)[C@@H]2C[C@@H](O)CN2C(=O)[C@@H](NC(=O)CCCCCCCCCCCCC(=O)N2CCN(CC[C@H](NC(=O)C3(N)CCN(c4ncnc5[nH]ccc45)CC3)c3ccc(Cl)cc3)CC2)C(C)(C)C)cc1. The van der Waals surface area contributed by atoms with Gasteiger partial charge in [-0.1, -0.05) is 120 Å². The number of carbonyl (C=O) groups is 5. The summed E-state index contributed by atoms with van der Waals surface area (Å²) in [7, 11) is 0. The van der Waals surface area contributed by atoms with Gasteiger partial charge in [-0.3, -0.25) is 28.9 Å². The molecule has 20 heteroatoms. The Balaban J connectivity index is 0.658. The minimum absolute atomic E-state index is 0.0340. The Morgan fingerprint density at radius 2 is 1.48 bits per heavy atom. The van der Waals surface area contributed by atoms with Crippen molar-refractivity contribution < 1.29 is 29.1 Å². The molecule has 0 radical (unpaired) electrons. The molecule has 5 amide bonds. The highest BCUT2D eigenvalue weighted by Crippen LogP contribution is 2.32. The predicted molar refractivity (Wildman–Crippen MR) is 319 cm³/mol. The number of nitrogens with zero attached hydrogens (tertiary/aromatic N) is 7. The molecule has 8 rings (SSSR count). The third-order valence-electron chi connectivity index (χ3n) is 16.5. The molecule has 3 saturated heterocycles. The van der Waals surface area contributed by atoms with Gasteiger partial charge in [-0.15, -0.1) is 11.3 Å². The molecule has 0 saturated carbocycles. The van der Waals surface area contributed by atoms with E-state index in [4.69, 9.17) is 17.3 Å². The standard InChI is InChI=1S/C61H85ClN12O6S/c1-42-53(81-41-68-42)45-19-17-43(18-20-45)38-65-57(78)50-37-47(75)39-74(50)58(79)54(60(2,3)4)70-51(76)15-13-11-9-7-5-6-8-10-12-14-16-52(77)72-35-33-71(34-36-72)30-26-49(44-21-23-46(62)24-22-44)69-59(80)61(63)27-31-73(32-28-61)56-48-25-29-64-55(48)66-40-67-56/h17-25,29,40-41,47,49-50,54,75H,5-16,26-28,30-39,63H2,1-4H3,(H,65,78)(H,69,80)(H,70,76)(H,64,66,67)/t47-,49+,50+,54-/m1/s1. The minimum Gasteiger partial charge on any atom is -0.391 e. The number of likely N-dealkylation sites (tertiary alicyclic amines) is 1. The molecule has 2 aromatic carbocycles. The lowest BCUT2D eigenvalue weighted by Crippen LogP contribution is -2.60. The van der Waals surface area contributed by atoms with Crippen molar-refractivity contribution in [3.8, 4) is 10.4 Å². The van der Waals surface area contributed by atoms with Crippen LogP contribution in [0.25, 0.3) is 21.5 Å². The molecule has 4 atom stereocenters. The molecule has 3 aliphatic rings. The van der Waals surface area contributed by atoms with Crippen LogP contribution in [0.4, 0.5) is 5.82 Å². The number of aliphatic hydroxyl groups is 1. The number of thiazole rings is 1. The number of piperazine rings is 1. The number of hydrogen-bond acceptors (Lipinski definition) is 13. The third kappa shape index (κ3) is 16.8. The zero-order valence-electron chi connectivity index (χ0n) is 47.9. The van der Waals surface area contributed by atoms with Gasteiger partial charge in [-0.2, -0.15) is 0 Å². The van der Waals surface area contributed by atoms with Gasteiger partial charge in [-0.05, 0) is 79.3 Å². The molecule has 0 aliphatic carbocycles. The number of hydrogen-bond donors (Lipinski definition) is 6. The molecule has 18 nitrogen and oxygen atoms in total. The van der Waals surface area contributed by atoms with Crippen molar-refractivity contribution in [2.45, 2.75) is 167 Å². The second-order valence-corrected chi connectivity index (χ2v) is 24.9. The van der Waals surface area contributed by atoms with Gasteiger partial charge in [0.2, 0.25) is 29.5 Å². The largest absolute Gasteiger partial charge is 0.391 e. The molecule has 438 valence electrons. The Labute approximate surface area is 486 Å². The first-order valence-electron chi connectivity index (χ1n) is 29.4. The highest BCUT2D eigenvalue weighted by Gasteiger charge is 2.45. The second-order valence-electron chi connectivity index (χ2n) is 23.6. The van der Waals surface area contributed by atoms with E-state index < -0.39 is 29.1 Å². The van der Waals surface area contributed by atoms with Gasteiger partial charge in [0.05, 0.1) is 39.2 Å². The van der Waals surface area contributed by atoms with E-state index in [1.54, 1.807) is 17.7 Å². The van der Waals surface area contributed by atoms with E-state index in [1.807, 2.05) is 98.9 Å². The van der Waals surface area contributed by atoms with Gasteiger partial charge >= 0.3 is 0 Å². The number of amides is 5. The van der Waals surface area contributed by atoms with Crippen molar-refractivity contribution in [3.63, 3.8) is 0 Å². The Bertz CT molecular complexity index is 2860. The smallest absolute Gasteiger partial charge is 0.246 e. The van der Waals surface area contributed by atoms with Crippen LogP contribution in [0.5, 0.6) is 0 Å². The Morgan fingerprint density at radius 3 is 2.12 bits per heavy atom. The van der Waals surface area contributed by atoms with Gasteiger partial charge in [0.25, 0.3) is 0 Å². The fourth-order valence-corrected chi connectivity index (χ4v) is 12.4. The van der Waals surface area contributed by atoms with Crippen LogP contribution in [0.2, 0.25) is 5.02 Å². The molecule has 0 spiro atoms. The summed E-state index contributed by atoms with van der Waals surface area (Å²) in [6, 6.07) is 15.6. The molecule has 3 aliphatic heterocycles. The number of nitrogens with one attached hydrogen (secondary N) is 4. The third-order valence-corrected chi connectivity index (χ3v) is 17.8. The number of halogens is 1. The maximum Gasteiger partial charge on any atom is 0.246 e. The number of rotatable bonds is 26. The van der Waals surface area contributed by atoms with Crippen molar-refractivity contribution in [1.29, 1.82) is 0 Å². The normalized spacial score (nSPS) is 18.4. The molecule has 81 heavy (non-hydrogen) atoms. The number of unbranched alkanes of at least 4 members (excludes halogenated alkanes) is 9. The fraction of sp³-hybridized carbons (Fsp3) is 0.574. The van der Waals surface area contributed by atoms with E-state index in [0.29, 0.717) is 63.3 Å². The van der Waals surface area contributed by atoms with Crippen LogP contribution < -0.4 is 26.6 Å².